The first kappa shape index (κ1) is 9.45. The summed E-state index contributed by atoms with van der Waals surface area (Å²) in [5.41, 5.74) is 0. The second kappa shape index (κ2) is 4.40. The highest BCUT2D eigenvalue weighted by Gasteiger charge is 2.04. The van der Waals surface area contributed by atoms with Crippen LogP contribution in [0, 0.1) is 4.84 Å². The molecule has 0 unspecified atom stereocenters. The van der Waals surface area contributed by atoms with Crippen molar-refractivity contribution >= 4 is 12.2 Å². The zero-order valence-corrected chi connectivity index (χ0v) is 8.36. The predicted molar refractivity (Wildman–Crippen MR) is 49.6 cm³/mol. The molecule has 0 N–H and O–H groups in total. The van der Waals surface area contributed by atoms with Gasteiger partial charge in [0.2, 0.25) is 0 Å². The highest BCUT2D eigenvalue weighted by molar-refractivity contribution is 7.71. The topological polar surface area (TPSA) is 31.0 Å². The highest BCUT2D eigenvalue weighted by atomic mass is 32.1. The molecule has 1 aromatic heterocycles. The first-order valence-corrected chi connectivity index (χ1v) is 4.75. The zero-order valence-electron chi connectivity index (χ0n) is 7.54. The van der Waals surface area contributed by atoms with Crippen LogP contribution in [0.4, 0.5) is 0 Å². The van der Waals surface area contributed by atoms with Gasteiger partial charge in [0.15, 0.2) is 5.82 Å². The van der Waals surface area contributed by atoms with Gasteiger partial charge >= 0.3 is 0 Å². The summed E-state index contributed by atoms with van der Waals surface area (Å²) in [5.74, 6) is 0.976. The normalized spacial score (nSPS) is 10.5. The van der Waals surface area contributed by atoms with Crippen LogP contribution in [0.3, 0.4) is 0 Å². The van der Waals surface area contributed by atoms with Crippen LogP contribution in [0.2, 0.25) is 0 Å². The van der Waals surface area contributed by atoms with Crippen LogP contribution < -0.4 is 0 Å². The maximum atomic E-state index is 4.99. The van der Waals surface area contributed by atoms with Crippen LogP contribution in [-0.4, -0.2) is 9.72 Å². The average molecular weight is 186 g/mol. The minimum Gasteiger partial charge on any atom is -0.324 e. The van der Waals surface area contributed by atoms with Crippen molar-refractivity contribution in [2.24, 2.45) is 0 Å². The summed E-state index contributed by atoms with van der Waals surface area (Å²) in [7, 11) is 0. The van der Waals surface area contributed by atoms with E-state index >= 15 is 0 Å². The van der Waals surface area contributed by atoms with E-state index in [2.05, 4.69) is 19.0 Å². The number of hydrogen-bond donors (Lipinski definition) is 0. The summed E-state index contributed by atoms with van der Waals surface area (Å²) < 4.78 is 6.90. The lowest BCUT2D eigenvalue weighted by molar-refractivity contribution is 0.392. The van der Waals surface area contributed by atoms with Crippen LogP contribution >= 0.6 is 12.2 Å². The van der Waals surface area contributed by atoms with Crippen LogP contribution in [-0.2, 0) is 13.0 Å². The number of hydrogen-bond acceptors (Lipinski definition) is 3. The number of nitrogens with zero attached hydrogens (tertiary/aromatic N) is 2. The van der Waals surface area contributed by atoms with Gasteiger partial charge in [0.05, 0.1) is 0 Å². The molecule has 0 amide bonds. The van der Waals surface area contributed by atoms with Gasteiger partial charge in [-0.25, -0.2) is 0 Å². The molecule has 68 valence electrons. The van der Waals surface area contributed by atoms with E-state index in [0.29, 0.717) is 4.84 Å². The summed E-state index contributed by atoms with van der Waals surface area (Å²) >= 11 is 4.99. The molecule has 1 heterocycles. The number of aromatic nitrogens is 2. The van der Waals surface area contributed by atoms with E-state index in [-0.39, 0.29) is 0 Å². The number of aryl methyl sites for hydroxylation is 1. The molecule has 3 nitrogen and oxygen atoms in total. The molecule has 0 aromatic carbocycles. The Hall–Kier alpha value is -0.640. The summed E-state index contributed by atoms with van der Waals surface area (Å²) in [4.78, 5) is 0.500. The van der Waals surface area contributed by atoms with E-state index in [0.717, 1.165) is 31.6 Å². The summed E-state index contributed by atoms with van der Waals surface area (Å²) in [5, 5.41) is 3.91. The Labute approximate surface area is 77.4 Å². The van der Waals surface area contributed by atoms with Gasteiger partial charge in [-0.15, -0.1) is 0 Å². The van der Waals surface area contributed by atoms with Crippen molar-refractivity contribution in [2.45, 2.75) is 39.7 Å². The fourth-order valence-electron chi connectivity index (χ4n) is 1.14. The van der Waals surface area contributed by atoms with E-state index in [4.69, 9.17) is 16.7 Å². The minimum absolute atomic E-state index is 0.500. The monoisotopic (exact) mass is 186 g/mol. The Morgan fingerprint density at radius 3 is 2.75 bits per heavy atom. The summed E-state index contributed by atoms with van der Waals surface area (Å²) in [6.45, 7) is 5.15. The molecule has 0 saturated heterocycles. The largest absolute Gasteiger partial charge is 0.324 e. The minimum atomic E-state index is 0.500. The molecule has 0 bridgehead atoms. The van der Waals surface area contributed by atoms with Gasteiger partial charge in [0, 0.05) is 13.0 Å². The Bertz CT molecular complexity index is 289. The van der Waals surface area contributed by atoms with Crippen LogP contribution in [0.25, 0.3) is 0 Å². The second-order valence-electron chi connectivity index (χ2n) is 2.77. The third kappa shape index (κ3) is 1.94. The molecule has 0 spiro atoms. The molecule has 12 heavy (non-hydrogen) atoms. The Morgan fingerprint density at radius 1 is 1.42 bits per heavy atom. The average Bonchev–Trinajstić information content (AvgIpc) is 2.37. The lowest BCUT2D eigenvalue weighted by Gasteiger charge is -2.00. The molecule has 0 aliphatic heterocycles. The van der Waals surface area contributed by atoms with Gasteiger partial charge in [0.25, 0.3) is 4.84 Å². The van der Waals surface area contributed by atoms with E-state index < -0.39 is 0 Å². The molecule has 0 aliphatic carbocycles. The fraction of sp³-hybridized carbons (Fsp3) is 0.750. The SMILES string of the molecule is CCCc1noc(=S)n1CCC. The Kier molecular flexibility index (Phi) is 3.47. The van der Waals surface area contributed by atoms with Crippen molar-refractivity contribution in [3.63, 3.8) is 0 Å². The third-order valence-electron chi connectivity index (χ3n) is 1.68. The van der Waals surface area contributed by atoms with Gasteiger partial charge in [-0.05, 0) is 25.1 Å². The molecule has 1 rings (SSSR count). The van der Waals surface area contributed by atoms with Gasteiger partial charge in [-0.2, -0.15) is 0 Å². The van der Waals surface area contributed by atoms with Crippen molar-refractivity contribution in [2.75, 3.05) is 0 Å². The van der Waals surface area contributed by atoms with Crippen LogP contribution in [0.5, 0.6) is 0 Å². The number of rotatable bonds is 4. The van der Waals surface area contributed by atoms with E-state index in [9.17, 15) is 0 Å². The third-order valence-corrected chi connectivity index (χ3v) is 1.98. The molecule has 0 atom stereocenters. The van der Waals surface area contributed by atoms with Crippen LogP contribution in [0.15, 0.2) is 4.52 Å². The van der Waals surface area contributed by atoms with E-state index in [1.165, 1.54) is 0 Å². The zero-order chi connectivity index (χ0) is 8.97. The van der Waals surface area contributed by atoms with E-state index in [1.807, 2.05) is 4.57 Å². The molecular weight excluding hydrogens is 172 g/mol. The molecule has 0 radical (unpaired) electrons. The summed E-state index contributed by atoms with van der Waals surface area (Å²) in [6.07, 6.45) is 3.08. The van der Waals surface area contributed by atoms with E-state index in [1.54, 1.807) is 0 Å². The van der Waals surface area contributed by atoms with Gasteiger partial charge in [-0.1, -0.05) is 19.0 Å². The van der Waals surface area contributed by atoms with Crippen molar-refractivity contribution in [3.05, 3.63) is 10.7 Å². The lowest BCUT2D eigenvalue weighted by Crippen LogP contribution is -2.03. The maximum absolute atomic E-state index is 4.99. The van der Waals surface area contributed by atoms with Crippen molar-refractivity contribution in [1.29, 1.82) is 0 Å². The second-order valence-corrected chi connectivity index (χ2v) is 3.12. The molecule has 0 saturated carbocycles. The predicted octanol–water partition coefficient (Wildman–Crippen LogP) is 2.57. The fourth-order valence-corrected chi connectivity index (χ4v) is 1.38. The smallest absolute Gasteiger partial charge is 0.297 e. The summed E-state index contributed by atoms with van der Waals surface area (Å²) in [6, 6.07) is 0. The Morgan fingerprint density at radius 2 is 2.17 bits per heavy atom. The Balaban J connectivity index is 2.87. The van der Waals surface area contributed by atoms with Crippen LogP contribution in [0.1, 0.15) is 32.5 Å². The van der Waals surface area contributed by atoms with Crippen molar-refractivity contribution in [3.8, 4) is 0 Å². The molecular formula is C8H14N2OS. The lowest BCUT2D eigenvalue weighted by atomic mass is 10.3. The van der Waals surface area contributed by atoms with Gasteiger partial charge in [0.1, 0.15) is 0 Å². The molecule has 0 aliphatic rings. The first-order chi connectivity index (χ1) is 5.79. The standard InChI is InChI=1S/C8H14N2OS/c1-3-5-7-9-11-8(12)10(7)6-4-2/h3-6H2,1-2H3. The van der Waals surface area contributed by atoms with Crippen molar-refractivity contribution in [1.82, 2.24) is 9.72 Å². The molecule has 4 heteroatoms. The maximum Gasteiger partial charge on any atom is 0.297 e. The first-order valence-electron chi connectivity index (χ1n) is 4.35. The molecule has 1 aromatic rings. The van der Waals surface area contributed by atoms with Gasteiger partial charge in [-0.3, -0.25) is 4.57 Å². The quantitative estimate of drug-likeness (QED) is 0.677. The molecule has 0 fully saturated rings. The van der Waals surface area contributed by atoms with Crippen molar-refractivity contribution < 1.29 is 4.52 Å². The van der Waals surface area contributed by atoms with Gasteiger partial charge < -0.3 is 4.52 Å². The highest BCUT2D eigenvalue weighted by Crippen LogP contribution is 2.04.